The zero-order chi connectivity index (χ0) is 18.9. The van der Waals surface area contributed by atoms with Gasteiger partial charge in [0.1, 0.15) is 0 Å². The minimum Gasteiger partial charge on any atom is -0.387 e. The molecule has 0 spiro atoms. The number of carbonyl (C=O) groups is 1. The van der Waals surface area contributed by atoms with Crippen LogP contribution < -0.4 is 10.2 Å². The molecule has 7 nitrogen and oxygen atoms in total. The van der Waals surface area contributed by atoms with E-state index in [9.17, 15) is 9.90 Å². The summed E-state index contributed by atoms with van der Waals surface area (Å²) in [6, 6.07) is 2.21. The first kappa shape index (κ1) is 18.6. The van der Waals surface area contributed by atoms with Crippen molar-refractivity contribution in [2.45, 2.75) is 51.0 Å². The highest BCUT2D eigenvalue weighted by atomic mass is 16.3. The number of hydrogen-bond acceptors (Lipinski definition) is 6. The second-order valence-electron chi connectivity index (χ2n) is 8.55. The van der Waals surface area contributed by atoms with E-state index in [4.69, 9.17) is 0 Å². The van der Waals surface area contributed by atoms with Gasteiger partial charge in [-0.3, -0.25) is 4.79 Å². The minimum atomic E-state index is -0.808. The smallest absolute Gasteiger partial charge is 0.219 e. The fraction of sp³-hybridized carbons (Fsp3) is 0.750. The highest BCUT2D eigenvalue weighted by Gasteiger charge is 2.34. The largest absolute Gasteiger partial charge is 0.387 e. The Morgan fingerprint density at radius 2 is 2.15 bits per heavy atom. The third kappa shape index (κ3) is 4.24. The van der Waals surface area contributed by atoms with Crippen molar-refractivity contribution < 1.29 is 9.90 Å². The van der Waals surface area contributed by atoms with Crippen LogP contribution in [0.25, 0.3) is 0 Å². The number of carbonyl (C=O) groups excluding carboxylic acids is 1. The Hall–Kier alpha value is -1.73. The molecule has 2 aliphatic heterocycles. The van der Waals surface area contributed by atoms with Gasteiger partial charge in [0, 0.05) is 45.6 Å². The van der Waals surface area contributed by atoms with Crippen LogP contribution in [0, 0.1) is 5.92 Å². The van der Waals surface area contributed by atoms with Gasteiger partial charge in [0.15, 0.2) is 5.82 Å². The van der Waals surface area contributed by atoms with Crippen molar-refractivity contribution in [3.63, 3.8) is 0 Å². The second kappa shape index (κ2) is 7.72. The van der Waals surface area contributed by atoms with Crippen molar-refractivity contribution in [2.75, 3.05) is 44.2 Å². The molecule has 1 unspecified atom stereocenters. The number of β-amino-alcohol motifs (C(OH)–C–C–N with tert-alkyl or cyclic N) is 1. The number of nitrogens with one attached hydrogen (secondary N) is 1. The molecule has 1 atom stereocenters. The van der Waals surface area contributed by atoms with E-state index in [2.05, 4.69) is 26.5 Å². The lowest BCUT2D eigenvalue weighted by molar-refractivity contribution is -0.131. The fourth-order valence-electron chi connectivity index (χ4n) is 4.55. The first-order chi connectivity index (χ1) is 13.0. The molecule has 27 heavy (non-hydrogen) atoms. The van der Waals surface area contributed by atoms with Gasteiger partial charge in [-0.05, 0) is 50.2 Å². The Balaban J connectivity index is 1.22. The topological polar surface area (TPSA) is 81.6 Å². The van der Waals surface area contributed by atoms with Crippen LogP contribution in [0.2, 0.25) is 0 Å². The Morgan fingerprint density at radius 1 is 1.30 bits per heavy atom. The Kier molecular flexibility index (Phi) is 5.32. The van der Waals surface area contributed by atoms with Crippen LogP contribution in [0.15, 0.2) is 6.07 Å². The molecule has 0 saturated carbocycles. The van der Waals surface area contributed by atoms with E-state index in [-0.39, 0.29) is 5.91 Å². The second-order valence-corrected chi connectivity index (χ2v) is 8.55. The number of rotatable bonds is 5. The quantitative estimate of drug-likeness (QED) is 0.793. The van der Waals surface area contributed by atoms with Crippen molar-refractivity contribution in [2.24, 2.45) is 5.92 Å². The fourth-order valence-corrected chi connectivity index (χ4v) is 4.55. The van der Waals surface area contributed by atoms with Gasteiger partial charge in [-0.2, -0.15) is 5.10 Å². The molecule has 2 saturated heterocycles. The highest BCUT2D eigenvalue weighted by molar-refractivity contribution is 5.73. The number of amides is 1. The Morgan fingerprint density at radius 3 is 2.96 bits per heavy atom. The summed E-state index contributed by atoms with van der Waals surface area (Å²) in [5.41, 5.74) is 1.73. The van der Waals surface area contributed by atoms with Crippen LogP contribution in [0.3, 0.4) is 0 Å². The summed E-state index contributed by atoms with van der Waals surface area (Å²) in [6.45, 7) is 6.19. The summed E-state index contributed by atoms with van der Waals surface area (Å²) < 4.78 is 0. The molecule has 7 heteroatoms. The number of aryl methyl sites for hydroxylation is 2. The first-order valence-corrected chi connectivity index (χ1v) is 10.3. The van der Waals surface area contributed by atoms with Crippen molar-refractivity contribution >= 4 is 11.7 Å². The molecule has 2 fully saturated rings. The third-order valence-electron chi connectivity index (χ3n) is 6.23. The molecule has 0 aromatic carbocycles. The molecule has 2 N–H and O–H groups in total. The maximum Gasteiger partial charge on any atom is 0.219 e. The van der Waals surface area contributed by atoms with Gasteiger partial charge in [-0.25, -0.2) is 0 Å². The number of likely N-dealkylation sites (tertiary alicyclic amines) is 1. The number of anilines is 1. The lowest BCUT2D eigenvalue weighted by Crippen LogP contribution is -2.54. The standard InChI is InChI=1S/C20H31N5O2/c1-15(26)24-8-3-2-7-20(27,14-24)13-21-10-16-11-25(12-16)19-9-17-5-4-6-18(17)22-23-19/h9,16,21,27H,2-8,10-14H2,1H3. The van der Waals surface area contributed by atoms with Gasteiger partial charge in [-0.15, -0.1) is 5.10 Å². The van der Waals surface area contributed by atoms with E-state index in [1.165, 1.54) is 17.7 Å². The Bertz CT molecular complexity index is 691. The monoisotopic (exact) mass is 373 g/mol. The van der Waals surface area contributed by atoms with E-state index in [1.54, 1.807) is 11.8 Å². The van der Waals surface area contributed by atoms with Crippen LogP contribution in [0.4, 0.5) is 5.82 Å². The molecule has 1 aromatic rings. The average Bonchev–Trinajstić information content (AvgIpc) is 2.98. The molecular formula is C20H31N5O2. The maximum atomic E-state index is 11.7. The molecule has 3 aliphatic rings. The van der Waals surface area contributed by atoms with Crippen molar-refractivity contribution in [1.29, 1.82) is 0 Å². The van der Waals surface area contributed by atoms with Gasteiger partial charge >= 0.3 is 0 Å². The first-order valence-electron chi connectivity index (χ1n) is 10.3. The van der Waals surface area contributed by atoms with Crippen molar-refractivity contribution in [3.8, 4) is 0 Å². The summed E-state index contributed by atoms with van der Waals surface area (Å²) >= 11 is 0. The van der Waals surface area contributed by atoms with Gasteiger partial charge < -0.3 is 20.2 Å². The molecule has 0 bridgehead atoms. The normalized spacial score (nSPS) is 25.9. The number of hydrogen-bond donors (Lipinski definition) is 2. The SMILES string of the molecule is CC(=O)N1CCCCC(O)(CNCC2CN(c3cc4c(nn3)CCC4)C2)C1. The number of nitrogens with zero attached hydrogens (tertiary/aromatic N) is 4. The van der Waals surface area contributed by atoms with Crippen LogP contribution >= 0.6 is 0 Å². The van der Waals surface area contributed by atoms with Crippen molar-refractivity contribution in [3.05, 3.63) is 17.3 Å². The van der Waals surface area contributed by atoms with Crippen LogP contribution in [0.5, 0.6) is 0 Å². The highest BCUT2D eigenvalue weighted by Crippen LogP contribution is 2.27. The zero-order valence-corrected chi connectivity index (χ0v) is 16.3. The summed E-state index contributed by atoms with van der Waals surface area (Å²) in [5.74, 6) is 1.63. The van der Waals surface area contributed by atoms with Gasteiger partial charge in [-0.1, -0.05) is 0 Å². The van der Waals surface area contributed by atoms with E-state index in [0.29, 0.717) is 19.0 Å². The summed E-state index contributed by atoms with van der Waals surface area (Å²) in [4.78, 5) is 15.8. The summed E-state index contributed by atoms with van der Waals surface area (Å²) in [7, 11) is 0. The van der Waals surface area contributed by atoms with Crippen LogP contribution in [-0.2, 0) is 17.6 Å². The van der Waals surface area contributed by atoms with Gasteiger partial charge in [0.2, 0.25) is 5.91 Å². The number of aromatic nitrogens is 2. The maximum absolute atomic E-state index is 11.7. The number of fused-ring (bicyclic) bond motifs is 1. The molecule has 148 valence electrons. The van der Waals surface area contributed by atoms with Gasteiger partial charge in [0.05, 0.1) is 17.8 Å². The molecule has 3 heterocycles. The van der Waals surface area contributed by atoms with E-state index >= 15 is 0 Å². The van der Waals surface area contributed by atoms with Crippen molar-refractivity contribution in [1.82, 2.24) is 20.4 Å². The van der Waals surface area contributed by atoms with E-state index < -0.39 is 5.60 Å². The van der Waals surface area contributed by atoms with Gasteiger partial charge in [0.25, 0.3) is 0 Å². The summed E-state index contributed by atoms with van der Waals surface area (Å²) in [5, 5.41) is 23.1. The van der Waals surface area contributed by atoms with Crippen LogP contribution in [0.1, 0.15) is 43.9 Å². The zero-order valence-electron chi connectivity index (χ0n) is 16.3. The summed E-state index contributed by atoms with van der Waals surface area (Å²) in [6.07, 6.45) is 6.10. The molecule has 1 amide bonds. The van der Waals surface area contributed by atoms with Crippen LogP contribution in [-0.4, -0.2) is 71.0 Å². The molecule has 1 aliphatic carbocycles. The number of aliphatic hydroxyl groups is 1. The molecular weight excluding hydrogens is 342 g/mol. The molecule has 1 aromatic heterocycles. The lowest BCUT2D eigenvalue weighted by Gasteiger charge is -2.41. The van der Waals surface area contributed by atoms with E-state index in [0.717, 1.165) is 64.1 Å². The minimum absolute atomic E-state index is 0.0559. The Labute approximate surface area is 161 Å². The molecule has 0 radical (unpaired) electrons. The molecule has 4 rings (SSSR count). The predicted octanol–water partition coefficient (Wildman–Crippen LogP) is 0.755. The van der Waals surface area contributed by atoms with E-state index in [1.807, 2.05) is 0 Å². The predicted molar refractivity (Wildman–Crippen MR) is 104 cm³/mol. The average molecular weight is 374 g/mol. The lowest BCUT2D eigenvalue weighted by atomic mass is 9.96. The third-order valence-corrected chi connectivity index (χ3v) is 6.23.